The summed E-state index contributed by atoms with van der Waals surface area (Å²) in [4.78, 5) is 4.30. The number of hydrogen-bond donors (Lipinski definition) is 1. The Morgan fingerprint density at radius 1 is 1.24 bits per heavy atom. The van der Waals surface area contributed by atoms with Crippen LogP contribution in [0.15, 0.2) is 54.7 Å². The number of nitrogen functional groups attached to an aromatic ring is 1. The molecule has 1 unspecified atom stereocenters. The summed E-state index contributed by atoms with van der Waals surface area (Å²) in [7, 11) is 0. The Bertz CT molecular complexity index is 1050. The van der Waals surface area contributed by atoms with E-state index in [1.54, 1.807) is 13.1 Å². The highest BCUT2D eigenvalue weighted by Gasteiger charge is 2.15. The maximum Gasteiger partial charge on any atom is 0.166 e. The molecule has 1 heterocycles. The van der Waals surface area contributed by atoms with Gasteiger partial charge in [-0.3, -0.25) is 0 Å². The molecular weight excluding hydrogens is 387 g/mol. The van der Waals surface area contributed by atoms with Crippen LogP contribution in [0, 0.1) is 12.7 Å². The van der Waals surface area contributed by atoms with Gasteiger partial charge in [0.25, 0.3) is 0 Å². The van der Waals surface area contributed by atoms with Crippen molar-refractivity contribution in [1.82, 2.24) is 4.98 Å². The van der Waals surface area contributed by atoms with Crippen molar-refractivity contribution in [3.63, 3.8) is 0 Å². The molecule has 3 aromatic rings. The van der Waals surface area contributed by atoms with Crippen LogP contribution in [-0.2, 0) is 0 Å². The van der Waals surface area contributed by atoms with E-state index in [9.17, 15) is 4.39 Å². The third kappa shape index (κ3) is 4.96. The summed E-state index contributed by atoms with van der Waals surface area (Å²) >= 11 is 6.20. The second-order valence-electron chi connectivity index (χ2n) is 6.91. The van der Waals surface area contributed by atoms with Gasteiger partial charge in [0.15, 0.2) is 11.6 Å². The van der Waals surface area contributed by atoms with Crippen LogP contribution in [0.3, 0.4) is 0 Å². The largest absolute Gasteiger partial charge is 0.482 e. The molecule has 1 atom stereocenters. The lowest BCUT2D eigenvalue weighted by Gasteiger charge is -2.18. The second kappa shape index (κ2) is 9.10. The molecule has 29 heavy (non-hydrogen) atoms. The molecule has 0 bridgehead atoms. The van der Waals surface area contributed by atoms with E-state index in [-0.39, 0.29) is 11.6 Å². The topological polar surface area (TPSA) is 48.1 Å². The number of allylic oxidation sites excluding steroid dienone is 1. The summed E-state index contributed by atoms with van der Waals surface area (Å²) in [6.45, 7) is 5.98. The zero-order valence-electron chi connectivity index (χ0n) is 16.7. The van der Waals surface area contributed by atoms with Crippen LogP contribution in [0.1, 0.15) is 48.6 Å². The number of hydrogen-bond acceptors (Lipinski definition) is 3. The van der Waals surface area contributed by atoms with E-state index in [2.05, 4.69) is 37.0 Å². The molecule has 0 saturated heterocycles. The molecule has 0 aliphatic carbocycles. The smallest absolute Gasteiger partial charge is 0.166 e. The zero-order valence-corrected chi connectivity index (χ0v) is 17.5. The highest BCUT2D eigenvalue weighted by atomic mass is 35.5. The normalized spacial score (nSPS) is 12.7. The average molecular weight is 411 g/mol. The third-order valence-corrected chi connectivity index (χ3v) is 5.20. The minimum atomic E-state index is -0.483. The fourth-order valence-corrected chi connectivity index (χ4v) is 3.40. The first-order chi connectivity index (χ1) is 13.9. The summed E-state index contributed by atoms with van der Waals surface area (Å²) in [6.07, 6.45) is 4.24. The number of nitrogens with two attached hydrogens (primary N) is 1. The van der Waals surface area contributed by atoms with Gasteiger partial charge in [0.05, 0.1) is 0 Å². The number of anilines is 1. The highest BCUT2D eigenvalue weighted by molar-refractivity contribution is 6.31. The van der Waals surface area contributed by atoms with Gasteiger partial charge in [-0.2, -0.15) is 0 Å². The van der Waals surface area contributed by atoms with Gasteiger partial charge >= 0.3 is 0 Å². The third-order valence-electron chi connectivity index (χ3n) is 4.85. The van der Waals surface area contributed by atoms with Crippen LogP contribution in [0.4, 0.5) is 10.2 Å². The summed E-state index contributed by atoms with van der Waals surface area (Å²) in [6, 6.07) is 14.3. The number of aryl methyl sites for hydroxylation is 1. The van der Waals surface area contributed by atoms with Crippen molar-refractivity contribution in [3.05, 3.63) is 87.8 Å². The summed E-state index contributed by atoms with van der Waals surface area (Å²) < 4.78 is 19.6. The molecule has 0 aliphatic rings. The van der Waals surface area contributed by atoms with E-state index in [1.165, 1.54) is 23.8 Å². The van der Waals surface area contributed by atoms with E-state index >= 15 is 0 Å². The first-order valence-corrected chi connectivity index (χ1v) is 9.90. The van der Waals surface area contributed by atoms with Crippen LogP contribution < -0.4 is 10.5 Å². The fraction of sp³-hybridized carbons (Fsp3) is 0.208. The van der Waals surface area contributed by atoms with Gasteiger partial charge in [-0.05, 0) is 66.8 Å². The molecule has 0 fully saturated rings. The second-order valence-corrected chi connectivity index (χ2v) is 7.32. The number of benzene rings is 2. The highest BCUT2D eigenvalue weighted by Crippen LogP contribution is 2.33. The Morgan fingerprint density at radius 3 is 2.72 bits per heavy atom. The van der Waals surface area contributed by atoms with E-state index < -0.39 is 6.10 Å². The summed E-state index contributed by atoms with van der Waals surface area (Å²) in [5, 5.41) is 0.440. The lowest BCUT2D eigenvalue weighted by molar-refractivity contribution is 0.227. The van der Waals surface area contributed by atoms with Crippen molar-refractivity contribution >= 4 is 29.1 Å². The van der Waals surface area contributed by atoms with Crippen LogP contribution in [0.2, 0.25) is 5.02 Å². The van der Waals surface area contributed by atoms with Crippen LogP contribution in [-0.4, -0.2) is 4.98 Å². The molecule has 0 saturated carbocycles. The lowest BCUT2D eigenvalue weighted by Crippen LogP contribution is -2.07. The van der Waals surface area contributed by atoms with Gasteiger partial charge in [-0.1, -0.05) is 48.9 Å². The van der Waals surface area contributed by atoms with Crippen molar-refractivity contribution in [2.45, 2.75) is 33.3 Å². The SMILES string of the molecule is CC/C(=C\c1ccccc1C)c1cnc(N)c(OC(C)c2cc(F)ccc2Cl)c1. The number of aromatic nitrogens is 1. The average Bonchev–Trinajstić information content (AvgIpc) is 2.71. The van der Waals surface area contributed by atoms with E-state index in [1.807, 2.05) is 18.2 Å². The van der Waals surface area contributed by atoms with Crippen LogP contribution in [0.25, 0.3) is 11.6 Å². The molecule has 0 aliphatic heterocycles. The van der Waals surface area contributed by atoms with Gasteiger partial charge < -0.3 is 10.5 Å². The summed E-state index contributed by atoms with van der Waals surface area (Å²) in [5.74, 6) is 0.355. The van der Waals surface area contributed by atoms with Crippen molar-refractivity contribution in [3.8, 4) is 5.75 Å². The number of nitrogens with zero attached hydrogens (tertiary/aromatic N) is 1. The Labute approximate surface area is 176 Å². The van der Waals surface area contributed by atoms with E-state index in [0.29, 0.717) is 16.3 Å². The Hall–Kier alpha value is -2.85. The summed E-state index contributed by atoms with van der Waals surface area (Å²) in [5.41, 5.74) is 11.0. The van der Waals surface area contributed by atoms with Gasteiger partial charge in [-0.25, -0.2) is 9.37 Å². The quantitative estimate of drug-likeness (QED) is 0.483. The number of pyridine rings is 1. The number of rotatable bonds is 6. The van der Waals surface area contributed by atoms with Gasteiger partial charge in [-0.15, -0.1) is 0 Å². The molecule has 3 rings (SSSR count). The molecule has 150 valence electrons. The lowest BCUT2D eigenvalue weighted by atomic mass is 9.99. The van der Waals surface area contributed by atoms with Crippen molar-refractivity contribution in [1.29, 1.82) is 0 Å². The monoisotopic (exact) mass is 410 g/mol. The fourth-order valence-electron chi connectivity index (χ4n) is 3.13. The minimum Gasteiger partial charge on any atom is -0.482 e. The van der Waals surface area contributed by atoms with E-state index in [4.69, 9.17) is 22.1 Å². The predicted molar refractivity (Wildman–Crippen MR) is 118 cm³/mol. The molecule has 2 N–H and O–H groups in total. The molecule has 2 aromatic carbocycles. The molecule has 3 nitrogen and oxygen atoms in total. The van der Waals surface area contributed by atoms with Crippen molar-refractivity contribution < 1.29 is 9.13 Å². The number of halogens is 2. The van der Waals surface area contributed by atoms with Crippen molar-refractivity contribution in [2.75, 3.05) is 5.73 Å². The first kappa shape index (κ1) is 20.9. The minimum absolute atomic E-state index is 0.277. The first-order valence-electron chi connectivity index (χ1n) is 9.52. The van der Waals surface area contributed by atoms with E-state index in [0.717, 1.165) is 23.1 Å². The van der Waals surface area contributed by atoms with Crippen LogP contribution >= 0.6 is 11.6 Å². The maximum atomic E-state index is 13.6. The molecule has 0 spiro atoms. The molecule has 0 amide bonds. The Kier molecular flexibility index (Phi) is 6.55. The van der Waals surface area contributed by atoms with Gasteiger partial charge in [0, 0.05) is 16.8 Å². The van der Waals surface area contributed by atoms with Crippen molar-refractivity contribution in [2.24, 2.45) is 0 Å². The maximum absolute atomic E-state index is 13.6. The zero-order chi connectivity index (χ0) is 21.0. The molecular formula is C24H24ClFN2O. The Balaban J connectivity index is 1.93. The van der Waals surface area contributed by atoms with Crippen LogP contribution in [0.5, 0.6) is 5.75 Å². The molecule has 1 aromatic heterocycles. The van der Waals surface area contributed by atoms with Gasteiger partial charge in [0.2, 0.25) is 0 Å². The standard InChI is InChI=1S/C24H24ClFN2O/c1-4-17(11-18-8-6-5-7-15(18)2)19-12-23(24(27)28-14-19)29-16(3)21-13-20(26)9-10-22(21)25/h5-14,16H,4H2,1-3H3,(H2,27,28)/b17-11+. The predicted octanol–water partition coefficient (Wildman–Crippen LogP) is 6.86. The Morgan fingerprint density at radius 2 is 2.00 bits per heavy atom. The molecule has 5 heteroatoms. The number of ether oxygens (including phenoxy) is 1. The van der Waals surface area contributed by atoms with Gasteiger partial charge in [0.1, 0.15) is 11.9 Å². The molecule has 0 radical (unpaired) electrons.